The van der Waals surface area contributed by atoms with E-state index in [0.717, 1.165) is 11.3 Å². The third-order valence-electron chi connectivity index (χ3n) is 2.95. The van der Waals surface area contributed by atoms with Crippen molar-refractivity contribution in [3.05, 3.63) is 53.0 Å². The molecule has 2 aromatic rings. The highest BCUT2D eigenvalue weighted by atomic mass is 16.5. The maximum Gasteiger partial charge on any atom is 0.337 e. The average Bonchev–Trinajstić information content (AvgIpc) is 2.79. The monoisotopic (exact) mass is 273 g/mol. The second kappa shape index (κ2) is 5.61. The molecule has 0 unspecified atom stereocenters. The van der Waals surface area contributed by atoms with Gasteiger partial charge >= 0.3 is 5.97 Å². The van der Waals surface area contributed by atoms with Crippen LogP contribution in [0.15, 0.2) is 34.7 Å². The maximum absolute atomic E-state index is 12.0. The predicted molar refractivity (Wildman–Crippen MR) is 73.9 cm³/mol. The zero-order chi connectivity index (χ0) is 14.7. The first-order valence-corrected chi connectivity index (χ1v) is 6.08. The fraction of sp³-hybridized carbons (Fsp3) is 0.200. The standard InChI is InChI=1S/C15H15NO4/c1-9-8-13(20-10(9)2)14(17)16-12-6-4-11(5-7-12)15(18)19-3/h4-8H,1-3H3,(H,16,17). The Morgan fingerprint density at radius 3 is 2.30 bits per heavy atom. The van der Waals surface area contributed by atoms with Crippen LogP contribution in [0.3, 0.4) is 0 Å². The second-order valence-electron chi connectivity index (χ2n) is 4.37. The maximum atomic E-state index is 12.0. The molecule has 1 N–H and O–H groups in total. The Kier molecular flexibility index (Phi) is 3.89. The van der Waals surface area contributed by atoms with Gasteiger partial charge < -0.3 is 14.5 Å². The third-order valence-corrected chi connectivity index (χ3v) is 2.95. The predicted octanol–water partition coefficient (Wildman–Crippen LogP) is 2.94. The Bertz CT molecular complexity index is 621. The molecule has 5 heteroatoms. The second-order valence-corrected chi connectivity index (χ2v) is 4.37. The van der Waals surface area contributed by atoms with E-state index in [2.05, 4.69) is 10.1 Å². The summed E-state index contributed by atoms with van der Waals surface area (Å²) >= 11 is 0. The van der Waals surface area contributed by atoms with Crippen LogP contribution in [-0.4, -0.2) is 19.0 Å². The molecule has 0 fully saturated rings. The molecule has 1 heterocycles. The van der Waals surface area contributed by atoms with Crippen molar-refractivity contribution in [2.45, 2.75) is 13.8 Å². The molecule has 0 atom stereocenters. The van der Waals surface area contributed by atoms with E-state index in [9.17, 15) is 9.59 Å². The smallest absolute Gasteiger partial charge is 0.337 e. The van der Waals surface area contributed by atoms with Crippen molar-refractivity contribution in [1.29, 1.82) is 0 Å². The van der Waals surface area contributed by atoms with E-state index in [-0.39, 0.29) is 11.7 Å². The number of esters is 1. The quantitative estimate of drug-likeness (QED) is 0.873. The Morgan fingerprint density at radius 2 is 1.80 bits per heavy atom. The van der Waals surface area contributed by atoms with Gasteiger partial charge in [0.05, 0.1) is 12.7 Å². The third kappa shape index (κ3) is 2.88. The van der Waals surface area contributed by atoms with Gasteiger partial charge in [-0.1, -0.05) is 0 Å². The van der Waals surface area contributed by atoms with Crippen molar-refractivity contribution in [1.82, 2.24) is 0 Å². The Labute approximate surface area is 116 Å². The summed E-state index contributed by atoms with van der Waals surface area (Å²) in [4.78, 5) is 23.2. The summed E-state index contributed by atoms with van der Waals surface area (Å²) in [6, 6.07) is 8.12. The number of rotatable bonds is 3. The van der Waals surface area contributed by atoms with Gasteiger partial charge in [0.1, 0.15) is 5.76 Å². The molecule has 0 aliphatic heterocycles. The Balaban J connectivity index is 2.10. The van der Waals surface area contributed by atoms with Gasteiger partial charge in [0.25, 0.3) is 5.91 Å². The lowest BCUT2D eigenvalue weighted by Crippen LogP contribution is -2.11. The fourth-order valence-electron chi connectivity index (χ4n) is 1.69. The lowest BCUT2D eigenvalue weighted by molar-refractivity contribution is 0.0600. The van der Waals surface area contributed by atoms with E-state index in [1.165, 1.54) is 7.11 Å². The zero-order valence-electron chi connectivity index (χ0n) is 11.5. The molecule has 0 bridgehead atoms. The van der Waals surface area contributed by atoms with Gasteiger partial charge in [0, 0.05) is 5.69 Å². The number of ether oxygens (including phenoxy) is 1. The average molecular weight is 273 g/mol. The SMILES string of the molecule is COC(=O)c1ccc(NC(=O)c2cc(C)c(C)o2)cc1. The van der Waals surface area contributed by atoms with E-state index in [1.807, 2.05) is 6.92 Å². The first kappa shape index (κ1) is 13.9. The van der Waals surface area contributed by atoms with E-state index < -0.39 is 5.97 Å². The molecule has 2 rings (SSSR count). The lowest BCUT2D eigenvalue weighted by atomic mass is 10.2. The normalized spacial score (nSPS) is 10.2. The van der Waals surface area contributed by atoms with Gasteiger partial charge in [-0.05, 0) is 49.7 Å². The van der Waals surface area contributed by atoms with E-state index >= 15 is 0 Å². The minimum Gasteiger partial charge on any atom is -0.465 e. The Hall–Kier alpha value is -2.56. The molecule has 1 aromatic heterocycles. The molecule has 0 saturated heterocycles. The van der Waals surface area contributed by atoms with Gasteiger partial charge in [-0.15, -0.1) is 0 Å². The van der Waals surface area contributed by atoms with Crippen molar-refractivity contribution in [3.8, 4) is 0 Å². The number of anilines is 1. The summed E-state index contributed by atoms with van der Waals surface area (Å²) in [5, 5.41) is 2.70. The number of carbonyl (C=O) groups is 2. The summed E-state index contributed by atoms with van der Waals surface area (Å²) in [5.41, 5.74) is 1.93. The first-order chi connectivity index (χ1) is 9.51. The molecule has 0 aliphatic carbocycles. The van der Waals surface area contributed by atoms with Crippen LogP contribution in [0.25, 0.3) is 0 Å². The molecule has 1 aromatic carbocycles. The summed E-state index contributed by atoms with van der Waals surface area (Å²) < 4.78 is 9.94. The summed E-state index contributed by atoms with van der Waals surface area (Å²) in [6.45, 7) is 3.68. The van der Waals surface area contributed by atoms with Crippen LogP contribution in [0, 0.1) is 13.8 Å². The summed E-state index contributed by atoms with van der Waals surface area (Å²) in [5.74, 6) is 0.236. The minimum absolute atomic E-state index is 0.261. The largest absolute Gasteiger partial charge is 0.465 e. The van der Waals surface area contributed by atoms with Crippen molar-refractivity contribution in [2.75, 3.05) is 12.4 Å². The lowest BCUT2D eigenvalue weighted by Gasteiger charge is -2.04. The number of aryl methyl sites for hydroxylation is 2. The highest BCUT2D eigenvalue weighted by Gasteiger charge is 2.13. The van der Waals surface area contributed by atoms with Crippen LogP contribution < -0.4 is 5.32 Å². The van der Waals surface area contributed by atoms with Crippen LogP contribution in [0.4, 0.5) is 5.69 Å². The van der Waals surface area contributed by atoms with Gasteiger partial charge in [0.15, 0.2) is 5.76 Å². The molecule has 0 saturated carbocycles. The number of carbonyl (C=O) groups excluding carboxylic acids is 2. The van der Waals surface area contributed by atoms with Crippen molar-refractivity contribution < 1.29 is 18.7 Å². The summed E-state index contributed by atoms with van der Waals surface area (Å²) in [6.07, 6.45) is 0. The molecule has 0 radical (unpaired) electrons. The topological polar surface area (TPSA) is 68.5 Å². The molecule has 0 aliphatic rings. The number of amides is 1. The first-order valence-electron chi connectivity index (χ1n) is 6.08. The molecule has 104 valence electrons. The van der Waals surface area contributed by atoms with E-state index in [4.69, 9.17) is 4.42 Å². The van der Waals surface area contributed by atoms with Crippen molar-refractivity contribution in [3.63, 3.8) is 0 Å². The minimum atomic E-state index is -0.417. The molecule has 20 heavy (non-hydrogen) atoms. The molecule has 1 amide bonds. The van der Waals surface area contributed by atoms with E-state index in [0.29, 0.717) is 11.3 Å². The van der Waals surface area contributed by atoms with Crippen molar-refractivity contribution in [2.24, 2.45) is 0 Å². The van der Waals surface area contributed by atoms with Crippen LogP contribution in [0.1, 0.15) is 32.2 Å². The summed E-state index contributed by atoms with van der Waals surface area (Å²) in [7, 11) is 1.32. The number of furan rings is 1. The van der Waals surface area contributed by atoms with Crippen molar-refractivity contribution >= 4 is 17.6 Å². The number of hydrogen-bond donors (Lipinski definition) is 1. The van der Waals surface area contributed by atoms with E-state index in [1.54, 1.807) is 37.3 Å². The zero-order valence-corrected chi connectivity index (χ0v) is 11.5. The Morgan fingerprint density at radius 1 is 1.15 bits per heavy atom. The van der Waals surface area contributed by atoms with Gasteiger partial charge in [-0.2, -0.15) is 0 Å². The molecular formula is C15H15NO4. The molecular weight excluding hydrogens is 258 g/mol. The van der Waals surface area contributed by atoms with Crippen LogP contribution in [-0.2, 0) is 4.74 Å². The number of benzene rings is 1. The number of methoxy groups -OCH3 is 1. The van der Waals surface area contributed by atoms with Crippen LogP contribution in [0.2, 0.25) is 0 Å². The van der Waals surface area contributed by atoms with Gasteiger partial charge in [0.2, 0.25) is 0 Å². The molecule has 5 nitrogen and oxygen atoms in total. The number of hydrogen-bond acceptors (Lipinski definition) is 4. The highest BCUT2D eigenvalue weighted by molar-refractivity contribution is 6.02. The molecule has 0 spiro atoms. The van der Waals surface area contributed by atoms with Crippen LogP contribution >= 0.6 is 0 Å². The van der Waals surface area contributed by atoms with Gasteiger partial charge in [-0.3, -0.25) is 4.79 Å². The van der Waals surface area contributed by atoms with Crippen LogP contribution in [0.5, 0.6) is 0 Å². The highest BCUT2D eigenvalue weighted by Crippen LogP contribution is 2.16. The number of nitrogens with one attached hydrogen (secondary N) is 1. The fourth-order valence-corrected chi connectivity index (χ4v) is 1.69. The van der Waals surface area contributed by atoms with Gasteiger partial charge in [-0.25, -0.2) is 4.79 Å².